The Bertz CT molecular complexity index is 793. The number of carboxylic acid groups (broad SMARTS) is 1. The molecule has 1 aromatic carbocycles. The first-order valence-corrected chi connectivity index (χ1v) is 10.4. The van der Waals surface area contributed by atoms with E-state index < -0.39 is 5.97 Å². The zero-order valence-electron chi connectivity index (χ0n) is 13.2. The first kappa shape index (κ1) is 20.8. The number of carboxylic acids is 1. The minimum absolute atomic E-state index is 0.0223. The second-order valence-corrected chi connectivity index (χ2v) is 8.61. The van der Waals surface area contributed by atoms with Gasteiger partial charge in [-0.15, -0.1) is 0 Å². The summed E-state index contributed by atoms with van der Waals surface area (Å²) < 4.78 is 1.19. The zero-order valence-corrected chi connectivity index (χ0v) is 19.7. The summed E-state index contributed by atoms with van der Waals surface area (Å²) in [5.41, 5.74) is 0.607. The molecular weight excluding hydrogens is 669 g/mol. The van der Waals surface area contributed by atoms with Crippen molar-refractivity contribution in [3.05, 3.63) is 16.3 Å². The van der Waals surface area contributed by atoms with Crippen LogP contribution in [0.3, 0.4) is 0 Å². The van der Waals surface area contributed by atoms with Crippen LogP contribution < -0.4 is 9.80 Å². The molecule has 1 aromatic rings. The van der Waals surface area contributed by atoms with Gasteiger partial charge in [-0.3, -0.25) is 14.4 Å². The third kappa shape index (κ3) is 3.79. The van der Waals surface area contributed by atoms with Crippen LogP contribution in [0.25, 0.3) is 0 Å². The van der Waals surface area contributed by atoms with Crippen LogP contribution in [-0.2, 0) is 14.4 Å². The molecule has 0 saturated carbocycles. The average Bonchev–Trinajstić information content (AvgIpc) is 2.49. The molecule has 1 aliphatic heterocycles. The van der Waals surface area contributed by atoms with Crippen LogP contribution in [0.2, 0.25) is 0 Å². The molecule has 25 heavy (non-hydrogen) atoms. The molecule has 7 nitrogen and oxygen atoms in total. The lowest BCUT2D eigenvalue weighted by molar-refractivity contribution is -0.129. The SMILES string of the molecule is CC(=O)N(C)c1c(I)c(C(=O)O)c(I)c(N2C(=O)CCCC2=O)c1I. The number of piperidine rings is 1. The van der Waals surface area contributed by atoms with Gasteiger partial charge >= 0.3 is 5.97 Å². The monoisotopic (exact) mass is 682 g/mol. The topological polar surface area (TPSA) is 95.0 Å². The van der Waals surface area contributed by atoms with E-state index in [2.05, 4.69) is 0 Å². The Balaban J connectivity index is 2.88. The smallest absolute Gasteiger partial charge is 0.338 e. The summed E-state index contributed by atoms with van der Waals surface area (Å²) in [6.07, 6.45) is 0.937. The second kappa shape index (κ2) is 8.02. The van der Waals surface area contributed by atoms with Crippen molar-refractivity contribution in [3.63, 3.8) is 0 Å². The van der Waals surface area contributed by atoms with Crippen LogP contribution in [0.5, 0.6) is 0 Å². The van der Waals surface area contributed by atoms with Gasteiger partial charge in [0.25, 0.3) is 0 Å². The summed E-state index contributed by atoms with van der Waals surface area (Å²) in [4.78, 5) is 50.8. The number of carbonyl (C=O) groups is 4. The van der Waals surface area contributed by atoms with Crippen molar-refractivity contribution in [1.29, 1.82) is 0 Å². The highest BCUT2D eigenvalue weighted by Crippen LogP contribution is 2.43. The highest BCUT2D eigenvalue weighted by Gasteiger charge is 2.35. The van der Waals surface area contributed by atoms with Gasteiger partial charge in [0.05, 0.1) is 27.6 Å². The molecule has 1 fully saturated rings. The van der Waals surface area contributed by atoms with Crippen molar-refractivity contribution < 1.29 is 24.3 Å². The van der Waals surface area contributed by atoms with Crippen LogP contribution in [0.1, 0.15) is 36.5 Å². The lowest BCUT2D eigenvalue weighted by atomic mass is 10.1. The van der Waals surface area contributed by atoms with Gasteiger partial charge in [0.2, 0.25) is 17.7 Å². The number of amides is 3. The first-order valence-electron chi connectivity index (χ1n) is 7.13. The predicted molar refractivity (Wildman–Crippen MR) is 117 cm³/mol. The Morgan fingerprint density at radius 1 is 1.04 bits per heavy atom. The van der Waals surface area contributed by atoms with Crippen molar-refractivity contribution in [2.75, 3.05) is 16.8 Å². The molecule has 134 valence electrons. The average molecular weight is 682 g/mol. The number of hydrogen-bond donors (Lipinski definition) is 1. The summed E-state index contributed by atoms with van der Waals surface area (Å²) in [6, 6.07) is 0. The zero-order chi connectivity index (χ0) is 19.0. The van der Waals surface area contributed by atoms with Crippen molar-refractivity contribution in [2.24, 2.45) is 0 Å². The Labute approximate surface area is 184 Å². The number of aromatic carboxylic acids is 1. The Hall–Kier alpha value is -0.510. The second-order valence-electron chi connectivity index (χ2n) is 5.37. The number of nitrogens with zero attached hydrogens (tertiary/aromatic N) is 2. The van der Waals surface area contributed by atoms with E-state index >= 15 is 0 Å². The van der Waals surface area contributed by atoms with Gasteiger partial charge < -0.3 is 10.0 Å². The molecule has 1 heterocycles. The lowest BCUT2D eigenvalue weighted by Gasteiger charge is -2.30. The van der Waals surface area contributed by atoms with Crippen molar-refractivity contribution in [2.45, 2.75) is 26.2 Å². The molecule has 1 saturated heterocycles. The summed E-state index contributed by atoms with van der Waals surface area (Å²) in [5, 5.41) is 9.63. The molecule has 0 aromatic heterocycles. The molecule has 0 atom stereocenters. The molecule has 2 rings (SSSR count). The van der Waals surface area contributed by atoms with E-state index in [-0.39, 0.29) is 41.8 Å². The van der Waals surface area contributed by atoms with Gasteiger partial charge in [0.1, 0.15) is 0 Å². The maximum absolute atomic E-state index is 12.4. The molecule has 0 spiro atoms. The van der Waals surface area contributed by atoms with E-state index in [0.29, 0.717) is 22.8 Å². The largest absolute Gasteiger partial charge is 0.478 e. The maximum Gasteiger partial charge on any atom is 0.338 e. The number of benzene rings is 1. The van der Waals surface area contributed by atoms with Crippen molar-refractivity contribution >= 4 is 103 Å². The number of anilines is 2. The first-order chi connectivity index (χ1) is 11.6. The molecule has 3 amide bonds. The lowest BCUT2D eigenvalue weighted by Crippen LogP contribution is -2.42. The Kier molecular flexibility index (Phi) is 6.67. The fourth-order valence-electron chi connectivity index (χ4n) is 2.48. The highest BCUT2D eigenvalue weighted by molar-refractivity contribution is 14.1. The molecule has 1 N–H and O–H groups in total. The number of halogens is 3. The number of rotatable bonds is 3. The van der Waals surface area contributed by atoms with Gasteiger partial charge in [0, 0.05) is 26.8 Å². The van der Waals surface area contributed by atoms with Crippen molar-refractivity contribution in [1.82, 2.24) is 0 Å². The van der Waals surface area contributed by atoms with E-state index in [1.54, 1.807) is 0 Å². The predicted octanol–water partition coefficient (Wildman–Crippen LogP) is 3.22. The summed E-state index contributed by atoms with van der Waals surface area (Å²) in [6.45, 7) is 1.36. The van der Waals surface area contributed by atoms with E-state index in [1.165, 1.54) is 18.9 Å². The Morgan fingerprint density at radius 2 is 1.56 bits per heavy atom. The summed E-state index contributed by atoms with van der Waals surface area (Å²) >= 11 is 5.69. The fraction of sp³-hybridized carbons (Fsp3) is 0.333. The van der Waals surface area contributed by atoms with Gasteiger partial charge in [-0.1, -0.05) is 0 Å². The fourth-order valence-corrected chi connectivity index (χ4v) is 7.31. The van der Waals surface area contributed by atoms with Crippen LogP contribution in [-0.4, -0.2) is 35.8 Å². The number of imide groups is 1. The third-order valence-electron chi connectivity index (χ3n) is 3.80. The Morgan fingerprint density at radius 3 is 2.00 bits per heavy atom. The van der Waals surface area contributed by atoms with Crippen molar-refractivity contribution in [3.8, 4) is 0 Å². The summed E-state index contributed by atoms with van der Waals surface area (Å²) in [5.74, 6) is -2.18. The maximum atomic E-state index is 12.4. The molecule has 0 aliphatic carbocycles. The van der Waals surface area contributed by atoms with Crippen LogP contribution in [0.4, 0.5) is 11.4 Å². The minimum Gasteiger partial charge on any atom is -0.478 e. The third-order valence-corrected chi connectivity index (χ3v) is 6.92. The molecule has 1 aliphatic rings. The molecular formula is C15H13I3N2O5. The van der Waals surface area contributed by atoms with Crippen LogP contribution in [0.15, 0.2) is 0 Å². The standard InChI is InChI=1S/C15H13I3N2O5/c1-6(21)19(2)13-10(16)9(15(24)25)11(17)14(12(13)18)20-7(22)4-3-5-8(20)23/h3-5H2,1-2H3,(H,24,25). The quantitative estimate of drug-likeness (QED) is 0.391. The summed E-state index contributed by atoms with van der Waals surface area (Å²) in [7, 11) is 1.53. The van der Waals surface area contributed by atoms with Crippen LogP contribution >= 0.6 is 67.8 Å². The van der Waals surface area contributed by atoms with Crippen LogP contribution in [0, 0.1) is 10.7 Å². The molecule has 10 heteroatoms. The van der Waals surface area contributed by atoms with Gasteiger partial charge in [-0.25, -0.2) is 9.69 Å². The normalized spacial score (nSPS) is 14.7. The van der Waals surface area contributed by atoms with Gasteiger partial charge in [0.15, 0.2) is 0 Å². The molecule has 0 unspecified atom stereocenters. The number of carbonyl (C=O) groups excluding carboxylic acids is 3. The van der Waals surface area contributed by atoms with E-state index in [9.17, 15) is 24.3 Å². The van der Waals surface area contributed by atoms with E-state index in [0.717, 1.165) is 4.90 Å². The highest BCUT2D eigenvalue weighted by atomic mass is 127. The molecule has 0 radical (unpaired) electrons. The molecule has 0 bridgehead atoms. The van der Waals surface area contributed by atoms with E-state index in [1.807, 2.05) is 67.8 Å². The van der Waals surface area contributed by atoms with E-state index in [4.69, 9.17) is 0 Å². The number of hydrogen-bond acceptors (Lipinski definition) is 4. The van der Waals surface area contributed by atoms with Gasteiger partial charge in [-0.05, 0) is 74.2 Å². The van der Waals surface area contributed by atoms with Gasteiger partial charge in [-0.2, -0.15) is 0 Å². The minimum atomic E-state index is -1.18.